The Hall–Kier alpha value is -3.06. The van der Waals surface area contributed by atoms with Gasteiger partial charge in [0.2, 0.25) is 0 Å². The molecule has 1 fully saturated rings. The molecule has 3 aromatic rings. The number of rotatable bonds is 6. The lowest BCUT2D eigenvalue weighted by molar-refractivity contribution is 0.312. The van der Waals surface area contributed by atoms with Crippen LogP contribution in [0.3, 0.4) is 0 Å². The lowest BCUT2D eigenvalue weighted by Crippen LogP contribution is -2.44. The van der Waals surface area contributed by atoms with Gasteiger partial charge in [-0.05, 0) is 38.6 Å². The van der Waals surface area contributed by atoms with Crippen LogP contribution in [0, 0.1) is 6.92 Å². The minimum Gasteiger partial charge on any atom is -0.459 e. The van der Waals surface area contributed by atoms with Gasteiger partial charge in [0.1, 0.15) is 17.2 Å². The number of aromatic nitrogens is 1. The summed E-state index contributed by atoms with van der Waals surface area (Å²) in [4.78, 5) is 14.1. The molecule has 1 aliphatic heterocycles. The van der Waals surface area contributed by atoms with Crippen LogP contribution < -0.4 is 15.5 Å². The van der Waals surface area contributed by atoms with Gasteiger partial charge in [-0.3, -0.25) is 0 Å². The maximum Gasteiger partial charge on any atom is 0.191 e. The monoisotopic (exact) mass is 420 g/mol. The van der Waals surface area contributed by atoms with Gasteiger partial charge in [-0.2, -0.15) is 0 Å². The molecule has 0 bridgehead atoms. The Bertz CT molecular complexity index is 1020. The number of aliphatic imine (C=N–C) groups is 1. The molecule has 2 N–H and O–H groups in total. The zero-order chi connectivity index (χ0) is 21.6. The first-order valence-electron chi connectivity index (χ1n) is 11.0. The van der Waals surface area contributed by atoms with Crippen molar-refractivity contribution in [3.8, 4) is 0 Å². The Morgan fingerprint density at radius 1 is 1.10 bits per heavy atom. The summed E-state index contributed by atoms with van der Waals surface area (Å²) in [6.45, 7) is 10.3. The highest BCUT2D eigenvalue weighted by atomic mass is 16.3. The van der Waals surface area contributed by atoms with Crippen LogP contribution in [-0.4, -0.2) is 55.6 Å². The number of aryl methyl sites for hydroxylation is 1. The largest absolute Gasteiger partial charge is 0.459 e. The fraction of sp³-hybridized carbons (Fsp3) is 0.417. The minimum absolute atomic E-state index is 0.574. The lowest BCUT2D eigenvalue weighted by atomic mass is 10.1. The van der Waals surface area contributed by atoms with Gasteiger partial charge in [-0.1, -0.05) is 24.3 Å². The Morgan fingerprint density at radius 3 is 2.61 bits per heavy atom. The summed E-state index contributed by atoms with van der Waals surface area (Å²) in [5.41, 5.74) is 3.18. The van der Waals surface area contributed by atoms with Crippen LogP contribution in [0.25, 0.3) is 11.0 Å². The molecule has 164 valence electrons. The fourth-order valence-corrected chi connectivity index (χ4v) is 3.80. The molecule has 7 heteroatoms. The minimum atomic E-state index is 0.574. The number of guanidine groups is 1. The third-order valence-electron chi connectivity index (χ3n) is 5.76. The summed E-state index contributed by atoms with van der Waals surface area (Å²) >= 11 is 0. The molecule has 0 atom stereocenters. The van der Waals surface area contributed by atoms with Crippen molar-refractivity contribution in [2.45, 2.75) is 26.9 Å². The van der Waals surface area contributed by atoms with Crippen LogP contribution in [0.15, 0.2) is 52.0 Å². The molecule has 0 aliphatic carbocycles. The van der Waals surface area contributed by atoms with Crippen molar-refractivity contribution in [2.75, 3.05) is 44.7 Å². The number of likely N-dealkylation sites (N-methyl/N-ethyl adjacent to an activating group) is 1. The highest BCUT2D eigenvalue weighted by Crippen LogP contribution is 2.24. The van der Waals surface area contributed by atoms with Gasteiger partial charge >= 0.3 is 0 Å². The standard InChI is InChI=1S/C24H32N6O/c1-4-25-24(28-17-22-18(2)20-7-5-6-8-21(20)31-22)27-16-19-9-10-23(26-15-19)30-13-11-29(3)12-14-30/h5-10,15H,4,11-14,16-17H2,1-3H3,(H2,25,27,28). The molecule has 0 amide bonds. The van der Waals surface area contributed by atoms with Crippen LogP contribution in [0.5, 0.6) is 0 Å². The number of hydrogen-bond acceptors (Lipinski definition) is 5. The third kappa shape index (κ3) is 5.17. The van der Waals surface area contributed by atoms with Crippen molar-refractivity contribution in [3.63, 3.8) is 0 Å². The van der Waals surface area contributed by atoms with E-state index in [1.165, 1.54) is 5.56 Å². The molecular weight excluding hydrogens is 388 g/mol. The predicted octanol–water partition coefficient (Wildman–Crippen LogP) is 3.14. The number of nitrogens with zero attached hydrogens (tertiary/aromatic N) is 4. The molecule has 1 aliphatic rings. The van der Waals surface area contributed by atoms with E-state index in [1.54, 1.807) is 0 Å². The van der Waals surface area contributed by atoms with E-state index in [4.69, 9.17) is 9.41 Å². The van der Waals surface area contributed by atoms with Gasteiger partial charge in [0.15, 0.2) is 5.96 Å². The summed E-state index contributed by atoms with van der Waals surface area (Å²) in [6, 6.07) is 12.4. The number of benzene rings is 1. The molecule has 4 rings (SSSR count). The summed E-state index contributed by atoms with van der Waals surface area (Å²) < 4.78 is 6.00. The van der Waals surface area contributed by atoms with Gasteiger partial charge in [-0.15, -0.1) is 0 Å². The van der Waals surface area contributed by atoms with Gasteiger partial charge in [-0.25, -0.2) is 9.98 Å². The zero-order valence-electron chi connectivity index (χ0n) is 18.7. The smallest absolute Gasteiger partial charge is 0.191 e. The number of nitrogens with one attached hydrogen (secondary N) is 2. The average molecular weight is 421 g/mol. The third-order valence-corrected chi connectivity index (χ3v) is 5.76. The van der Waals surface area contributed by atoms with Crippen molar-refractivity contribution >= 4 is 22.7 Å². The first kappa shape index (κ1) is 21.2. The molecular formula is C24H32N6O. The van der Waals surface area contributed by atoms with Crippen LogP contribution >= 0.6 is 0 Å². The molecule has 0 unspecified atom stereocenters. The number of pyridine rings is 1. The van der Waals surface area contributed by atoms with Gasteiger partial charge in [0.05, 0.1) is 13.1 Å². The van der Waals surface area contributed by atoms with Gasteiger partial charge in [0.25, 0.3) is 0 Å². The highest BCUT2D eigenvalue weighted by Gasteiger charge is 2.15. The van der Waals surface area contributed by atoms with E-state index in [9.17, 15) is 0 Å². The average Bonchev–Trinajstić information content (AvgIpc) is 3.12. The quantitative estimate of drug-likeness (QED) is 0.472. The van der Waals surface area contributed by atoms with E-state index in [0.29, 0.717) is 13.1 Å². The molecule has 0 radical (unpaired) electrons. The maximum atomic E-state index is 6.00. The first-order chi connectivity index (χ1) is 15.1. The lowest BCUT2D eigenvalue weighted by Gasteiger charge is -2.33. The second-order valence-corrected chi connectivity index (χ2v) is 8.01. The van der Waals surface area contributed by atoms with Crippen molar-refractivity contribution in [1.29, 1.82) is 0 Å². The first-order valence-corrected chi connectivity index (χ1v) is 11.0. The van der Waals surface area contributed by atoms with Crippen molar-refractivity contribution < 1.29 is 4.42 Å². The fourth-order valence-electron chi connectivity index (χ4n) is 3.80. The van der Waals surface area contributed by atoms with E-state index in [2.05, 4.69) is 64.5 Å². The predicted molar refractivity (Wildman–Crippen MR) is 127 cm³/mol. The molecule has 0 saturated carbocycles. The van der Waals surface area contributed by atoms with Crippen LogP contribution in [-0.2, 0) is 13.1 Å². The Kier molecular flexibility index (Phi) is 6.72. The molecule has 0 spiro atoms. The maximum absolute atomic E-state index is 6.00. The SMILES string of the molecule is CCNC(=NCc1ccc(N2CCN(C)CC2)nc1)NCc1oc2ccccc2c1C. The molecule has 7 nitrogen and oxygen atoms in total. The zero-order valence-corrected chi connectivity index (χ0v) is 18.7. The molecule has 2 aromatic heterocycles. The summed E-state index contributed by atoms with van der Waals surface area (Å²) in [6.07, 6.45) is 1.93. The normalized spacial score (nSPS) is 15.5. The molecule has 31 heavy (non-hydrogen) atoms. The Labute approximate surface area is 184 Å². The van der Waals surface area contributed by atoms with Crippen molar-refractivity contribution in [2.24, 2.45) is 4.99 Å². The Balaban J connectivity index is 1.37. The van der Waals surface area contributed by atoms with Crippen molar-refractivity contribution in [3.05, 3.63) is 59.5 Å². The second-order valence-electron chi connectivity index (χ2n) is 8.01. The highest BCUT2D eigenvalue weighted by molar-refractivity contribution is 5.83. The van der Waals surface area contributed by atoms with Crippen molar-refractivity contribution in [1.82, 2.24) is 20.5 Å². The molecule has 1 saturated heterocycles. The number of piperazine rings is 1. The summed E-state index contributed by atoms with van der Waals surface area (Å²) in [5.74, 6) is 2.75. The van der Waals surface area contributed by atoms with E-state index in [1.807, 2.05) is 24.4 Å². The summed E-state index contributed by atoms with van der Waals surface area (Å²) in [5, 5.41) is 7.86. The Morgan fingerprint density at radius 2 is 1.90 bits per heavy atom. The number of fused-ring (bicyclic) bond motifs is 1. The van der Waals surface area contributed by atoms with Crippen LogP contribution in [0.1, 0.15) is 23.8 Å². The molecule has 1 aromatic carbocycles. The number of hydrogen-bond donors (Lipinski definition) is 2. The number of para-hydroxylation sites is 1. The molecule has 3 heterocycles. The van der Waals surface area contributed by atoms with E-state index >= 15 is 0 Å². The topological polar surface area (TPSA) is 68.9 Å². The van der Waals surface area contributed by atoms with Crippen LogP contribution in [0.4, 0.5) is 5.82 Å². The van der Waals surface area contributed by atoms with E-state index in [-0.39, 0.29) is 0 Å². The van der Waals surface area contributed by atoms with Crippen LogP contribution in [0.2, 0.25) is 0 Å². The van der Waals surface area contributed by atoms with Gasteiger partial charge < -0.3 is 24.9 Å². The van der Waals surface area contributed by atoms with E-state index < -0.39 is 0 Å². The van der Waals surface area contributed by atoms with Gasteiger partial charge in [0, 0.05) is 49.9 Å². The number of anilines is 1. The van der Waals surface area contributed by atoms with E-state index in [0.717, 1.165) is 66.8 Å². The second kappa shape index (κ2) is 9.83. The number of furan rings is 1. The summed E-state index contributed by atoms with van der Waals surface area (Å²) in [7, 11) is 2.16.